The summed E-state index contributed by atoms with van der Waals surface area (Å²) >= 11 is 0. The van der Waals surface area contributed by atoms with Crippen LogP contribution in [0, 0.1) is 0 Å². The molecule has 5 aromatic carbocycles. The molecule has 2 aliphatic heterocycles. The van der Waals surface area contributed by atoms with Gasteiger partial charge in [-0.15, -0.1) is 0 Å². The van der Waals surface area contributed by atoms with Gasteiger partial charge in [0.1, 0.15) is 28.8 Å². The molecule has 10 nitrogen and oxygen atoms in total. The third-order valence-corrected chi connectivity index (χ3v) is 11.8. The van der Waals surface area contributed by atoms with Crippen molar-refractivity contribution in [3.05, 3.63) is 168 Å². The molecule has 0 amide bonds. The number of rotatable bonds is 14. The van der Waals surface area contributed by atoms with Gasteiger partial charge in [-0.05, 0) is 128 Å². The van der Waals surface area contributed by atoms with Crippen LogP contribution in [0.3, 0.4) is 0 Å². The van der Waals surface area contributed by atoms with Crippen molar-refractivity contribution < 1.29 is 19.0 Å². The van der Waals surface area contributed by atoms with Crippen molar-refractivity contribution >= 4 is 17.0 Å². The van der Waals surface area contributed by atoms with E-state index in [9.17, 15) is 4.79 Å². The molecule has 0 aliphatic carbocycles. The Morgan fingerprint density at radius 3 is 2.03 bits per heavy atom. The lowest BCUT2D eigenvalue weighted by Gasteiger charge is -2.18. The van der Waals surface area contributed by atoms with Crippen molar-refractivity contribution in [1.29, 1.82) is 0 Å². The van der Waals surface area contributed by atoms with Gasteiger partial charge in [0.05, 0.1) is 48.8 Å². The first-order valence-corrected chi connectivity index (χ1v) is 20.7. The van der Waals surface area contributed by atoms with Crippen molar-refractivity contribution in [2.75, 3.05) is 33.3 Å². The average Bonchev–Trinajstić information content (AvgIpc) is 4.09. The topological polar surface area (TPSA) is 86.9 Å². The van der Waals surface area contributed by atoms with Gasteiger partial charge in [-0.25, -0.2) is 14.8 Å². The molecule has 59 heavy (non-hydrogen) atoms. The Bertz CT molecular complexity index is 2550. The van der Waals surface area contributed by atoms with Crippen molar-refractivity contribution in [2.45, 2.75) is 57.8 Å². The number of carbonyl (C=O) groups is 1. The van der Waals surface area contributed by atoms with Crippen molar-refractivity contribution in [3.63, 3.8) is 0 Å². The molecular formula is C49H50N6O4. The largest absolute Gasteiger partial charge is 0.465 e. The van der Waals surface area contributed by atoms with Gasteiger partial charge in [-0.3, -0.25) is 9.80 Å². The van der Waals surface area contributed by atoms with E-state index in [-0.39, 0.29) is 5.97 Å². The van der Waals surface area contributed by atoms with Crippen molar-refractivity contribution in [1.82, 2.24) is 28.9 Å². The van der Waals surface area contributed by atoms with Crippen LogP contribution in [0.5, 0.6) is 23.0 Å². The Labute approximate surface area is 345 Å². The Morgan fingerprint density at radius 1 is 0.695 bits per heavy atom. The zero-order valence-corrected chi connectivity index (χ0v) is 33.7. The number of fused-ring (bicyclic) bond motifs is 1. The summed E-state index contributed by atoms with van der Waals surface area (Å²) in [4.78, 5) is 27.0. The first-order chi connectivity index (χ1) is 29.0. The summed E-state index contributed by atoms with van der Waals surface area (Å²) in [7, 11) is 1.41. The number of ether oxygens (including phenoxy) is 3. The van der Waals surface area contributed by atoms with Crippen LogP contribution < -0.4 is 9.47 Å². The molecule has 2 saturated heterocycles. The van der Waals surface area contributed by atoms with E-state index in [0.717, 1.165) is 97.7 Å². The predicted octanol–water partition coefficient (Wildman–Crippen LogP) is 9.65. The van der Waals surface area contributed by atoms with E-state index in [0.29, 0.717) is 30.5 Å². The van der Waals surface area contributed by atoms with Gasteiger partial charge in [0.2, 0.25) is 0 Å². The normalized spacial score (nSPS) is 17.1. The Hall–Kier alpha value is -6.23. The second-order valence-corrected chi connectivity index (χ2v) is 15.7. The number of carbonyl (C=O) groups excluding carboxylic acids is 1. The maximum Gasteiger partial charge on any atom is 0.337 e. The first kappa shape index (κ1) is 38.3. The van der Waals surface area contributed by atoms with Gasteiger partial charge >= 0.3 is 5.97 Å². The number of para-hydroxylation sites is 1. The fourth-order valence-corrected chi connectivity index (χ4v) is 8.73. The van der Waals surface area contributed by atoms with Gasteiger partial charge in [-0.1, -0.05) is 54.6 Å². The minimum Gasteiger partial charge on any atom is -0.465 e. The average molecular weight is 787 g/mol. The number of benzene rings is 5. The quantitative estimate of drug-likeness (QED) is 0.101. The van der Waals surface area contributed by atoms with Gasteiger partial charge in [-0.2, -0.15) is 0 Å². The number of nitrogens with zero attached hydrogens (tertiary/aromatic N) is 6. The highest BCUT2D eigenvalue weighted by Gasteiger charge is 2.27. The van der Waals surface area contributed by atoms with Crippen LogP contribution in [0.2, 0.25) is 0 Å². The molecule has 300 valence electrons. The molecule has 2 fully saturated rings. The SMILES string of the molecule is CCn1cncc1Cn1c(CN2CCC(c3cccc(Oc4cccc(CN5CCC(c6cccc(Oc7ccccc7)c6)C5)c4)c3)C2)nc2ccc(C(=O)OC)cc21. The van der Waals surface area contributed by atoms with Gasteiger partial charge in [0.25, 0.3) is 0 Å². The van der Waals surface area contributed by atoms with Crippen LogP contribution >= 0.6 is 0 Å². The van der Waals surface area contributed by atoms with Crippen molar-refractivity contribution in [2.24, 2.45) is 0 Å². The van der Waals surface area contributed by atoms with Crippen LogP contribution in [-0.2, 0) is 30.9 Å². The standard InChI is InChI=1S/C49H50N6O4/c1-3-54-34-50-28-41(54)32-55-47-27-38(49(56)57-2)18-19-46(47)51-48(55)33-53-23-21-40(31-53)37-12-9-17-45(26-37)59-43-15-7-10-35(24-43)29-52-22-20-39(30-52)36-11-8-16-44(25-36)58-42-13-5-4-6-14-42/h4-19,24-28,34,39-40H,3,20-23,29-33H2,1-2H3. The molecular weight excluding hydrogens is 737 g/mol. The highest BCUT2D eigenvalue weighted by molar-refractivity contribution is 5.93. The smallest absolute Gasteiger partial charge is 0.337 e. The summed E-state index contributed by atoms with van der Waals surface area (Å²) in [5, 5.41) is 0. The monoisotopic (exact) mass is 786 g/mol. The molecule has 2 aliphatic rings. The molecule has 4 heterocycles. The Balaban J connectivity index is 0.833. The van der Waals surface area contributed by atoms with E-state index >= 15 is 0 Å². The fraction of sp³-hybridized carbons (Fsp3) is 0.286. The third-order valence-electron chi connectivity index (χ3n) is 11.8. The second kappa shape index (κ2) is 17.3. The number of methoxy groups -OCH3 is 1. The highest BCUT2D eigenvalue weighted by Crippen LogP contribution is 2.34. The van der Waals surface area contributed by atoms with E-state index in [1.165, 1.54) is 23.8 Å². The first-order valence-electron chi connectivity index (χ1n) is 20.7. The summed E-state index contributed by atoms with van der Waals surface area (Å²) in [6.45, 7) is 9.09. The van der Waals surface area contributed by atoms with Crippen LogP contribution in [0.15, 0.2) is 134 Å². The Morgan fingerprint density at radius 2 is 1.34 bits per heavy atom. The van der Waals surface area contributed by atoms with E-state index in [4.69, 9.17) is 19.2 Å². The van der Waals surface area contributed by atoms with Crippen LogP contribution in [-0.4, -0.2) is 68.2 Å². The lowest BCUT2D eigenvalue weighted by atomic mass is 9.98. The second-order valence-electron chi connectivity index (χ2n) is 15.7. The minimum absolute atomic E-state index is 0.356. The van der Waals surface area contributed by atoms with E-state index in [2.05, 4.69) is 91.5 Å². The van der Waals surface area contributed by atoms with Crippen LogP contribution in [0.4, 0.5) is 0 Å². The number of aryl methyl sites for hydroxylation is 1. The molecule has 0 radical (unpaired) electrons. The fourth-order valence-electron chi connectivity index (χ4n) is 8.73. The molecule has 0 saturated carbocycles. The molecule has 9 rings (SSSR count). The zero-order valence-electron chi connectivity index (χ0n) is 33.7. The Kier molecular flexibility index (Phi) is 11.2. The van der Waals surface area contributed by atoms with Gasteiger partial charge < -0.3 is 23.3 Å². The summed E-state index contributed by atoms with van der Waals surface area (Å²) in [5.41, 5.74) is 7.24. The zero-order chi connectivity index (χ0) is 40.1. The molecule has 7 aromatic rings. The van der Waals surface area contributed by atoms with E-state index in [1.807, 2.05) is 67.1 Å². The van der Waals surface area contributed by atoms with Crippen LogP contribution in [0.1, 0.15) is 70.2 Å². The van der Waals surface area contributed by atoms with E-state index in [1.54, 1.807) is 6.07 Å². The molecule has 10 heteroatoms. The lowest BCUT2D eigenvalue weighted by Crippen LogP contribution is -2.23. The molecule has 0 spiro atoms. The number of hydrogen-bond acceptors (Lipinski definition) is 8. The maximum absolute atomic E-state index is 12.5. The lowest BCUT2D eigenvalue weighted by molar-refractivity contribution is 0.0601. The minimum atomic E-state index is -0.356. The van der Waals surface area contributed by atoms with E-state index < -0.39 is 0 Å². The molecule has 2 aromatic heterocycles. The molecule has 2 atom stereocenters. The summed E-state index contributed by atoms with van der Waals surface area (Å²) in [6.07, 6.45) is 5.95. The van der Waals surface area contributed by atoms with Gasteiger partial charge in [0.15, 0.2) is 0 Å². The molecule has 2 unspecified atom stereocenters. The van der Waals surface area contributed by atoms with Crippen molar-refractivity contribution in [3.8, 4) is 23.0 Å². The highest BCUT2D eigenvalue weighted by atomic mass is 16.5. The predicted molar refractivity (Wildman–Crippen MR) is 229 cm³/mol. The van der Waals surface area contributed by atoms with Crippen LogP contribution in [0.25, 0.3) is 11.0 Å². The number of hydrogen-bond donors (Lipinski definition) is 0. The number of esters is 1. The molecule has 0 N–H and O–H groups in total. The summed E-state index contributed by atoms with van der Waals surface area (Å²) < 4.78 is 22.0. The number of likely N-dealkylation sites (tertiary alicyclic amines) is 2. The summed E-state index contributed by atoms with van der Waals surface area (Å²) in [6, 6.07) is 41.2. The summed E-state index contributed by atoms with van der Waals surface area (Å²) in [5.74, 6) is 4.91. The molecule has 0 bridgehead atoms. The van der Waals surface area contributed by atoms with Gasteiger partial charge in [0, 0.05) is 32.4 Å². The third kappa shape index (κ3) is 8.79. The number of imidazole rings is 2. The number of aromatic nitrogens is 4. The maximum atomic E-state index is 12.5.